The Balaban J connectivity index is 1.47. The van der Waals surface area contributed by atoms with Crippen LogP contribution in [0.1, 0.15) is 11.1 Å². The van der Waals surface area contributed by atoms with Gasteiger partial charge < -0.3 is 15.0 Å². The summed E-state index contributed by atoms with van der Waals surface area (Å²) >= 11 is 0. The third kappa shape index (κ3) is 6.16. The smallest absolute Gasteiger partial charge is 0.215 e. The lowest BCUT2D eigenvalue weighted by Crippen LogP contribution is -2.36. The van der Waals surface area contributed by atoms with Crippen molar-refractivity contribution >= 4 is 21.7 Å². The third-order valence-electron chi connectivity index (χ3n) is 4.18. The fourth-order valence-electron chi connectivity index (χ4n) is 2.88. The highest BCUT2D eigenvalue weighted by Gasteiger charge is 2.13. The number of anilines is 2. The quantitative estimate of drug-likeness (QED) is 0.652. The molecule has 1 saturated heterocycles. The highest BCUT2D eigenvalue weighted by atomic mass is 32.2. The van der Waals surface area contributed by atoms with Crippen LogP contribution in [-0.4, -0.2) is 57.8 Å². The third-order valence-corrected chi connectivity index (χ3v) is 5.54. The number of benzene rings is 1. The van der Waals surface area contributed by atoms with Crippen LogP contribution in [0.4, 0.5) is 11.6 Å². The summed E-state index contributed by atoms with van der Waals surface area (Å²) in [7, 11) is -3.38. The molecule has 3 rings (SSSR count). The second-order valence-electron chi connectivity index (χ2n) is 6.43. The van der Waals surface area contributed by atoms with Gasteiger partial charge in [0.2, 0.25) is 10.0 Å². The van der Waals surface area contributed by atoms with Gasteiger partial charge in [0.25, 0.3) is 0 Å². The predicted octanol–water partition coefficient (Wildman–Crippen LogP) is 1.15. The summed E-state index contributed by atoms with van der Waals surface area (Å²) in [5, 5.41) is 3.13. The van der Waals surface area contributed by atoms with E-state index >= 15 is 0 Å². The average Bonchev–Trinajstić information content (AvgIpc) is 2.66. The standard InChI is InChI=1S/C18H25N5O3S/c1-15-3-2-4-16(11-15)13-27(24,25)22-6-5-19-17-12-18(21-14-20-17)23-7-9-26-10-8-23/h2-4,11-12,14,22H,5-10,13H2,1H3,(H,19,20,21). The van der Waals surface area contributed by atoms with Crippen LogP contribution in [0.25, 0.3) is 0 Å². The second kappa shape index (κ2) is 9.12. The number of aryl methyl sites for hydroxylation is 1. The lowest BCUT2D eigenvalue weighted by Gasteiger charge is -2.27. The molecule has 1 aromatic heterocycles. The second-order valence-corrected chi connectivity index (χ2v) is 8.24. The zero-order valence-corrected chi connectivity index (χ0v) is 16.2. The summed E-state index contributed by atoms with van der Waals surface area (Å²) < 4.78 is 32.4. The first-order chi connectivity index (χ1) is 13.0. The maximum atomic E-state index is 12.2. The first-order valence-corrected chi connectivity index (χ1v) is 10.6. The van der Waals surface area contributed by atoms with Gasteiger partial charge in [0.1, 0.15) is 18.0 Å². The van der Waals surface area contributed by atoms with Gasteiger partial charge in [-0.15, -0.1) is 0 Å². The fraction of sp³-hybridized carbons (Fsp3) is 0.444. The van der Waals surface area contributed by atoms with Crippen LogP contribution in [0.15, 0.2) is 36.7 Å². The van der Waals surface area contributed by atoms with Crippen molar-refractivity contribution in [3.63, 3.8) is 0 Å². The SMILES string of the molecule is Cc1cccc(CS(=O)(=O)NCCNc2cc(N3CCOCC3)ncn2)c1. The maximum Gasteiger partial charge on any atom is 0.215 e. The molecule has 2 aromatic rings. The number of morpholine rings is 1. The molecule has 0 saturated carbocycles. The number of hydrogen-bond donors (Lipinski definition) is 2. The number of sulfonamides is 1. The van der Waals surface area contributed by atoms with Crippen LogP contribution < -0.4 is 14.9 Å². The Morgan fingerprint density at radius 1 is 1.15 bits per heavy atom. The van der Waals surface area contributed by atoms with E-state index in [2.05, 4.69) is 24.9 Å². The summed E-state index contributed by atoms with van der Waals surface area (Å²) in [6.45, 7) is 5.65. The molecule has 1 aromatic carbocycles. The average molecular weight is 391 g/mol. The van der Waals surface area contributed by atoms with Gasteiger partial charge >= 0.3 is 0 Å². The van der Waals surface area contributed by atoms with Crippen LogP contribution in [0.2, 0.25) is 0 Å². The minimum Gasteiger partial charge on any atom is -0.378 e. The zero-order chi connectivity index (χ0) is 19.1. The molecule has 1 aliphatic rings. The summed E-state index contributed by atoms with van der Waals surface area (Å²) in [5.41, 5.74) is 1.82. The van der Waals surface area contributed by atoms with Gasteiger partial charge in [-0.2, -0.15) is 0 Å². The van der Waals surface area contributed by atoms with E-state index in [1.54, 1.807) is 0 Å². The van der Waals surface area contributed by atoms with Crippen molar-refractivity contribution in [2.75, 3.05) is 49.6 Å². The molecule has 1 fully saturated rings. The Morgan fingerprint density at radius 2 is 1.96 bits per heavy atom. The number of aromatic nitrogens is 2. The van der Waals surface area contributed by atoms with Crippen LogP contribution in [-0.2, 0) is 20.5 Å². The van der Waals surface area contributed by atoms with Crippen LogP contribution in [0.5, 0.6) is 0 Å². The molecule has 0 spiro atoms. The lowest BCUT2D eigenvalue weighted by atomic mass is 10.2. The van der Waals surface area contributed by atoms with Gasteiger partial charge in [-0.3, -0.25) is 0 Å². The van der Waals surface area contributed by atoms with E-state index in [1.807, 2.05) is 37.3 Å². The Hall–Kier alpha value is -2.23. The Kier molecular flexibility index (Phi) is 6.59. The molecule has 1 aliphatic heterocycles. The summed E-state index contributed by atoms with van der Waals surface area (Å²) in [4.78, 5) is 10.6. The number of hydrogen-bond acceptors (Lipinski definition) is 7. The minimum absolute atomic E-state index is 0.0244. The van der Waals surface area contributed by atoms with Gasteiger partial charge in [-0.1, -0.05) is 29.8 Å². The van der Waals surface area contributed by atoms with Crippen LogP contribution in [0, 0.1) is 6.92 Å². The van der Waals surface area contributed by atoms with Gasteiger partial charge in [-0.05, 0) is 12.5 Å². The molecule has 2 heterocycles. The van der Waals surface area contributed by atoms with E-state index in [1.165, 1.54) is 6.33 Å². The van der Waals surface area contributed by atoms with Crippen LogP contribution >= 0.6 is 0 Å². The molecule has 0 atom stereocenters. The molecule has 0 aliphatic carbocycles. The molecule has 0 amide bonds. The maximum absolute atomic E-state index is 12.2. The van der Waals surface area contributed by atoms with Gasteiger partial charge in [0.15, 0.2) is 0 Å². The first kappa shape index (κ1) is 19.5. The van der Waals surface area contributed by atoms with Crippen molar-refractivity contribution in [3.8, 4) is 0 Å². The fourth-order valence-corrected chi connectivity index (χ4v) is 4.01. The highest BCUT2D eigenvalue weighted by Crippen LogP contribution is 2.15. The van der Waals surface area contributed by atoms with E-state index in [0.29, 0.717) is 25.6 Å². The van der Waals surface area contributed by atoms with Crippen molar-refractivity contribution in [3.05, 3.63) is 47.8 Å². The van der Waals surface area contributed by atoms with Crippen molar-refractivity contribution in [1.29, 1.82) is 0 Å². The number of nitrogens with one attached hydrogen (secondary N) is 2. The van der Waals surface area contributed by atoms with Gasteiger partial charge in [0.05, 0.1) is 19.0 Å². The molecule has 9 heteroatoms. The van der Waals surface area contributed by atoms with Crippen LogP contribution in [0.3, 0.4) is 0 Å². The van der Waals surface area contributed by atoms with Gasteiger partial charge in [0, 0.05) is 32.2 Å². The van der Waals surface area contributed by atoms with E-state index in [4.69, 9.17) is 4.74 Å². The number of ether oxygens (including phenoxy) is 1. The molecule has 146 valence electrons. The van der Waals surface area contributed by atoms with Gasteiger partial charge in [-0.25, -0.2) is 23.1 Å². The summed E-state index contributed by atoms with van der Waals surface area (Å²) in [6.07, 6.45) is 1.51. The molecule has 0 unspecified atom stereocenters. The van der Waals surface area contributed by atoms with E-state index < -0.39 is 10.0 Å². The largest absolute Gasteiger partial charge is 0.378 e. The van der Waals surface area contributed by atoms with Crippen molar-refractivity contribution in [2.24, 2.45) is 0 Å². The van der Waals surface area contributed by atoms with Crippen molar-refractivity contribution in [2.45, 2.75) is 12.7 Å². The van der Waals surface area contributed by atoms with E-state index in [-0.39, 0.29) is 12.3 Å². The summed E-state index contributed by atoms with van der Waals surface area (Å²) in [5.74, 6) is 1.49. The predicted molar refractivity (Wildman–Crippen MR) is 105 cm³/mol. The molecule has 0 radical (unpaired) electrons. The Labute approximate surface area is 160 Å². The van der Waals surface area contributed by atoms with E-state index in [0.717, 1.165) is 30.0 Å². The molecule has 2 N–H and O–H groups in total. The minimum atomic E-state index is -3.38. The molecule has 27 heavy (non-hydrogen) atoms. The normalized spacial score (nSPS) is 14.9. The Bertz CT molecular complexity index is 854. The Morgan fingerprint density at radius 3 is 2.74 bits per heavy atom. The number of nitrogens with zero attached hydrogens (tertiary/aromatic N) is 3. The van der Waals surface area contributed by atoms with E-state index in [9.17, 15) is 8.42 Å². The number of rotatable bonds is 8. The van der Waals surface area contributed by atoms with Crippen molar-refractivity contribution in [1.82, 2.24) is 14.7 Å². The monoisotopic (exact) mass is 391 g/mol. The molecular weight excluding hydrogens is 366 g/mol. The molecular formula is C18H25N5O3S. The molecule has 0 bridgehead atoms. The summed E-state index contributed by atoms with van der Waals surface area (Å²) in [6, 6.07) is 9.37. The lowest BCUT2D eigenvalue weighted by molar-refractivity contribution is 0.122. The topological polar surface area (TPSA) is 96.5 Å². The zero-order valence-electron chi connectivity index (χ0n) is 15.4. The highest BCUT2D eigenvalue weighted by molar-refractivity contribution is 7.88. The molecule has 8 nitrogen and oxygen atoms in total. The van der Waals surface area contributed by atoms with Crippen molar-refractivity contribution < 1.29 is 13.2 Å². The first-order valence-electron chi connectivity index (χ1n) is 8.93.